The smallest absolute Gasteiger partial charge is 0.280 e. The number of aliphatic hydroxyl groups is 1. The summed E-state index contributed by atoms with van der Waals surface area (Å²) < 4.78 is 38.0. The lowest BCUT2D eigenvalue weighted by molar-refractivity contribution is 0.144. The van der Waals surface area contributed by atoms with Gasteiger partial charge in [0.1, 0.15) is 11.5 Å². The monoisotopic (exact) mass is 269 g/mol. The number of halogens is 4. The topological polar surface area (TPSA) is 33.1 Å². The van der Waals surface area contributed by atoms with Crippen LogP contribution in [0.15, 0.2) is 6.20 Å². The van der Waals surface area contributed by atoms with E-state index in [0.29, 0.717) is 0 Å². The highest BCUT2D eigenvalue weighted by molar-refractivity contribution is 9.08. The van der Waals surface area contributed by atoms with Crippen molar-refractivity contribution in [3.8, 4) is 0 Å². The minimum atomic E-state index is -2.82. The number of hydrogen-bond acceptors (Lipinski definition) is 2. The van der Waals surface area contributed by atoms with Crippen LogP contribution in [0.2, 0.25) is 0 Å². The Hall–Kier alpha value is -0.620. The third-order valence-electron chi connectivity index (χ3n) is 1.73. The Morgan fingerprint density at radius 1 is 1.50 bits per heavy atom. The van der Waals surface area contributed by atoms with E-state index in [9.17, 15) is 13.2 Å². The fourth-order valence-corrected chi connectivity index (χ4v) is 1.55. The van der Waals surface area contributed by atoms with E-state index in [1.807, 2.05) is 0 Å². The number of rotatable bonds is 3. The first-order valence-corrected chi connectivity index (χ1v) is 4.85. The molecule has 0 atom stereocenters. The van der Waals surface area contributed by atoms with Gasteiger partial charge >= 0.3 is 0 Å². The summed E-state index contributed by atoms with van der Waals surface area (Å²) in [5.74, 6) is -0.824. The highest BCUT2D eigenvalue weighted by atomic mass is 79.9. The van der Waals surface area contributed by atoms with E-state index in [4.69, 9.17) is 5.11 Å². The molecule has 0 aromatic carbocycles. The van der Waals surface area contributed by atoms with Crippen molar-refractivity contribution in [2.75, 3.05) is 0 Å². The summed E-state index contributed by atoms with van der Waals surface area (Å²) in [6.07, 6.45) is -1.90. The Morgan fingerprint density at radius 2 is 2.14 bits per heavy atom. The zero-order valence-corrected chi connectivity index (χ0v) is 8.56. The maximum absolute atomic E-state index is 13.3. The van der Waals surface area contributed by atoms with Crippen molar-refractivity contribution in [2.24, 2.45) is 0 Å². The lowest BCUT2D eigenvalue weighted by Gasteiger charge is -2.08. The Bertz CT molecular complexity index is 333. The van der Waals surface area contributed by atoms with E-state index in [-0.39, 0.29) is 16.5 Å². The summed E-state index contributed by atoms with van der Waals surface area (Å²) in [5.41, 5.74) is -0.869. The lowest BCUT2D eigenvalue weighted by atomic mass is 10.1. The molecule has 0 aliphatic heterocycles. The van der Waals surface area contributed by atoms with Gasteiger partial charge in [-0.2, -0.15) is 0 Å². The first kappa shape index (κ1) is 11.5. The van der Waals surface area contributed by atoms with Crippen LogP contribution in [0, 0.1) is 5.82 Å². The van der Waals surface area contributed by atoms with Crippen LogP contribution in [0.25, 0.3) is 0 Å². The van der Waals surface area contributed by atoms with Gasteiger partial charge in [0.25, 0.3) is 6.43 Å². The van der Waals surface area contributed by atoms with Gasteiger partial charge in [0.2, 0.25) is 0 Å². The summed E-state index contributed by atoms with van der Waals surface area (Å²) in [6.45, 7) is -0.553. The van der Waals surface area contributed by atoms with Gasteiger partial charge in [0, 0.05) is 22.7 Å². The Balaban J connectivity index is 3.28. The second-order valence-corrected chi connectivity index (χ2v) is 3.11. The number of hydrogen-bond donors (Lipinski definition) is 1. The fourth-order valence-electron chi connectivity index (χ4n) is 1.01. The van der Waals surface area contributed by atoms with Crippen molar-refractivity contribution in [1.82, 2.24) is 4.98 Å². The van der Waals surface area contributed by atoms with E-state index < -0.39 is 24.5 Å². The molecule has 0 fully saturated rings. The Kier molecular flexibility index (Phi) is 3.88. The van der Waals surface area contributed by atoms with Crippen molar-refractivity contribution >= 4 is 15.9 Å². The SMILES string of the molecule is OCc1cnc(C(F)F)c(CBr)c1F. The molecule has 0 radical (unpaired) electrons. The van der Waals surface area contributed by atoms with Gasteiger partial charge in [-0.15, -0.1) is 0 Å². The van der Waals surface area contributed by atoms with Gasteiger partial charge in [-0.3, -0.25) is 4.98 Å². The number of aromatic nitrogens is 1. The molecule has 0 spiro atoms. The molecule has 1 aromatic rings. The van der Waals surface area contributed by atoms with Crippen LogP contribution < -0.4 is 0 Å². The minimum absolute atomic E-state index is 0.0562. The Morgan fingerprint density at radius 3 is 2.57 bits per heavy atom. The predicted octanol–water partition coefficient (Wildman–Crippen LogP) is 2.55. The zero-order valence-electron chi connectivity index (χ0n) is 6.98. The maximum Gasteiger partial charge on any atom is 0.280 e. The van der Waals surface area contributed by atoms with Gasteiger partial charge < -0.3 is 5.11 Å². The minimum Gasteiger partial charge on any atom is -0.392 e. The van der Waals surface area contributed by atoms with E-state index in [1.54, 1.807) is 0 Å². The van der Waals surface area contributed by atoms with E-state index >= 15 is 0 Å². The molecule has 1 aromatic heterocycles. The van der Waals surface area contributed by atoms with Crippen LogP contribution in [0.5, 0.6) is 0 Å². The lowest BCUT2D eigenvalue weighted by Crippen LogP contribution is -2.04. The normalized spacial score (nSPS) is 11.0. The van der Waals surface area contributed by atoms with E-state index in [0.717, 1.165) is 6.20 Å². The van der Waals surface area contributed by atoms with Crippen molar-refractivity contribution < 1.29 is 18.3 Å². The molecule has 14 heavy (non-hydrogen) atoms. The van der Waals surface area contributed by atoms with Crippen LogP contribution in [-0.2, 0) is 11.9 Å². The standard InChI is InChI=1S/C8H7BrF3NO/c9-1-5-6(10)4(3-14)2-13-7(5)8(11)12/h2,8,14H,1,3H2. The highest BCUT2D eigenvalue weighted by Crippen LogP contribution is 2.26. The molecule has 1 rings (SSSR count). The molecular formula is C8H7BrF3NO. The Labute approximate surface area is 86.9 Å². The number of pyridine rings is 1. The quantitative estimate of drug-likeness (QED) is 0.856. The van der Waals surface area contributed by atoms with Crippen LogP contribution in [0.3, 0.4) is 0 Å². The predicted molar refractivity (Wildman–Crippen MR) is 47.7 cm³/mol. The molecular weight excluding hydrogens is 263 g/mol. The first-order valence-electron chi connectivity index (χ1n) is 3.73. The number of aliphatic hydroxyl groups excluding tert-OH is 1. The van der Waals surface area contributed by atoms with Crippen LogP contribution >= 0.6 is 15.9 Å². The second-order valence-electron chi connectivity index (χ2n) is 2.55. The molecule has 1 N–H and O–H groups in total. The molecule has 0 aliphatic rings. The van der Waals surface area contributed by atoms with Gasteiger partial charge in [-0.25, -0.2) is 13.2 Å². The molecule has 0 saturated carbocycles. The molecule has 0 bridgehead atoms. The molecule has 0 aliphatic carbocycles. The summed E-state index contributed by atoms with van der Waals surface area (Å²) in [4.78, 5) is 3.40. The summed E-state index contributed by atoms with van der Waals surface area (Å²) in [7, 11) is 0. The third-order valence-corrected chi connectivity index (χ3v) is 2.29. The van der Waals surface area contributed by atoms with Crippen molar-refractivity contribution in [2.45, 2.75) is 18.4 Å². The van der Waals surface area contributed by atoms with Crippen molar-refractivity contribution in [3.63, 3.8) is 0 Å². The number of alkyl halides is 3. The van der Waals surface area contributed by atoms with Gasteiger partial charge in [-0.1, -0.05) is 15.9 Å². The maximum atomic E-state index is 13.3. The largest absolute Gasteiger partial charge is 0.392 e. The summed E-state index contributed by atoms with van der Waals surface area (Å²) >= 11 is 2.90. The molecule has 0 saturated heterocycles. The van der Waals surface area contributed by atoms with Crippen LogP contribution in [0.1, 0.15) is 23.2 Å². The third kappa shape index (κ3) is 2.06. The molecule has 0 unspecified atom stereocenters. The molecule has 0 amide bonds. The molecule has 78 valence electrons. The summed E-state index contributed by atoms with van der Waals surface area (Å²) in [6, 6.07) is 0. The summed E-state index contributed by atoms with van der Waals surface area (Å²) in [5, 5.41) is 8.63. The zero-order chi connectivity index (χ0) is 10.7. The molecule has 6 heteroatoms. The first-order chi connectivity index (χ1) is 6.61. The number of nitrogens with zero attached hydrogens (tertiary/aromatic N) is 1. The fraction of sp³-hybridized carbons (Fsp3) is 0.375. The average molecular weight is 270 g/mol. The second kappa shape index (κ2) is 4.75. The van der Waals surface area contributed by atoms with E-state index in [2.05, 4.69) is 20.9 Å². The van der Waals surface area contributed by atoms with Gasteiger partial charge in [0.15, 0.2) is 0 Å². The molecule has 2 nitrogen and oxygen atoms in total. The highest BCUT2D eigenvalue weighted by Gasteiger charge is 2.19. The van der Waals surface area contributed by atoms with Crippen molar-refractivity contribution in [3.05, 3.63) is 28.8 Å². The molecule has 1 heterocycles. The average Bonchev–Trinajstić information content (AvgIpc) is 2.17. The van der Waals surface area contributed by atoms with Crippen molar-refractivity contribution in [1.29, 1.82) is 0 Å². The van der Waals surface area contributed by atoms with Crippen LogP contribution in [0.4, 0.5) is 13.2 Å². The van der Waals surface area contributed by atoms with Gasteiger partial charge in [-0.05, 0) is 0 Å². The van der Waals surface area contributed by atoms with Crippen LogP contribution in [-0.4, -0.2) is 10.1 Å². The van der Waals surface area contributed by atoms with Gasteiger partial charge in [0.05, 0.1) is 6.61 Å². The van der Waals surface area contributed by atoms with E-state index in [1.165, 1.54) is 0 Å².